The Hall–Kier alpha value is 0.281. The quantitative estimate of drug-likeness (QED) is 0.535. The van der Waals surface area contributed by atoms with Crippen LogP contribution in [-0.4, -0.2) is 10.2 Å². The van der Waals surface area contributed by atoms with E-state index in [1.165, 1.54) is 42.0 Å². The second kappa shape index (κ2) is 9.50. The Kier molecular flexibility index (Phi) is 13.1. The van der Waals surface area contributed by atoms with Crippen LogP contribution in [0, 0.1) is 22.3 Å². The largest absolute Gasteiger partial charge is 4.00 e. The molecule has 0 amide bonds. The van der Waals surface area contributed by atoms with Gasteiger partial charge in [0.1, 0.15) is 0 Å². The zero-order chi connectivity index (χ0) is 7.68. The SMILES string of the molecule is [CH3-].[CH3-].[CH3-].[SiH3]Cc1cc2c([cH-]1)CCCC2.[Ti+4]. The first-order chi connectivity index (χ1) is 5.40. The molecule has 0 nitrogen and oxygen atoms in total. The average Bonchev–Trinajstić information content (AvgIpc) is 2.46. The van der Waals surface area contributed by atoms with Crippen LogP contribution in [0.4, 0.5) is 0 Å². The molecule has 0 saturated carbocycles. The number of rotatable bonds is 1. The van der Waals surface area contributed by atoms with Crippen LogP contribution in [0.15, 0.2) is 12.1 Å². The fourth-order valence-corrected chi connectivity index (χ4v) is 2.38. The molecule has 0 fully saturated rings. The molecule has 0 unspecified atom stereocenters. The molecular formula is C13H24SiTi. The van der Waals surface area contributed by atoms with Crippen LogP contribution in [0.2, 0.25) is 0 Å². The van der Waals surface area contributed by atoms with Crippen molar-refractivity contribution in [1.82, 2.24) is 0 Å². The van der Waals surface area contributed by atoms with Crippen molar-refractivity contribution >= 4 is 10.2 Å². The van der Waals surface area contributed by atoms with Crippen LogP contribution >= 0.6 is 0 Å². The maximum atomic E-state index is 2.43. The van der Waals surface area contributed by atoms with Crippen LogP contribution in [0.3, 0.4) is 0 Å². The molecule has 15 heavy (non-hydrogen) atoms. The normalized spacial score (nSPS) is 12.3. The van der Waals surface area contributed by atoms with E-state index >= 15 is 0 Å². The second-order valence-electron chi connectivity index (χ2n) is 3.47. The van der Waals surface area contributed by atoms with Gasteiger partial charge in [0.25, 0.3) is 0 Å². The summed E-state index contributed by atoms with van der Waals surface area (Å²) in [6.07, 6.45) is 5.52. The Morgan fingerprint density at radius 1 is 1.13 bits per heavy atom. The molecule has 1 aromatic rings. The Labute approximate surface area is 115 Å². The van der Waals surface area contributed by atoms with Crippen molar-refractivity contribution in [2.45, 2.75) is 31.7 Å². The van der Waals surface area contributed by atoms with Gasteiger partial charge in [0.2, 0.25) is 0 Å². The van der Waals surface area contributed by atoms with Gasteiger partial charge >= 0.3 is 21.7 Å². The molecule has 0 spiro atoms. The van der Waals surface area contributed by atoms with Gasteiger partial charge in [-0.25, -0.2) is 6.07 Å². The molecule has 0 bridgehead atoms. The van der Waals surface area contributed by atoms with E-state index in [1.54, 1.807) is 16.7 Å². The molecule has 1 aromatic carbocycles. The van der Waals surface area contributed by atoms with Gasteiger partial charge in [-0.3, -0.25) is 0 Å². The van der Waals surface area contributed by atoms with Gasteiger partial charge in [0, 0.05) is 10.2 Å². The zero-order valence-corrected chi connectivity index (χ0v) is 14.3. The summed E-state index contributed by atoms with van der Waals surface area (Å²) in [6, 6.07) is 6.20. The Morgan fingerprint density at radius 3 is 2.27 bits per heavy atom. The summed E-state index contributed by atoms with van der Waals surface area (Å²) < 4.78 is 0. The number of fused-ring (bicyclic) bond motifs is 1. The van der Waals surface area contributed by atoms with Gasteiger partial charge in [-0.2, -0.15) is 22.8 Å². The van der Waals surface area contributed by atoms with E-state index in [-0.39, 0.29) is 44.0 Å². The summed E-state index contributed by atoms with van der Waals surface area (Å²) in [7, 11) is 1.31. The summed E-state index contributed by atoms with van der Waals surface area (Å²) >= 11 is 0. The van der Waals surface area contributed by atoms with E-state index in [2.05, 4.69) is 12.1 Å². The number of hydrogen-bond donors (Lipinski definition) is 0. The smallest absolute Gasteiger partial charge is 0.358 e. The van der Waals surface area contributed by atoms with E-state index in [0.717, 1.165) is 0 Å². The molecule has 84 valence electrons. The molecule has 1 aliphatic rings. The molecule has 2 rings (SSSR count). The van der Waals surface area contributed by atoms with Crippen molar-refractivity contribution in [3.8, 4) is 0 Å². The van der Waals surface area contributed by atoms with Crippen molar-refractivity contribution in [2.75, 3.05) is 0 Å². The first-order valence-corrected chi connectivity index (χ1v) is 6.09. The maximum Gasteiger partial charge on any atom is 4.00 e. The summed E-state index contributed by atoms with van der Waals surface area (Å²) in [5.41, 5.74) is 4.91. The van der Waals surface area contributed by atoms with E-state index in [9.17, 15) is 0 Å². The van der Waals surface area contributed by atoms with Gasteiger partial charge in [-0.15, -0.1) is 0 Å². The first-order valence-electron chi connectivity index (χ1n) is 4.67. The third kappa shape index (κ3) is 4.76. The molecule has 0 heterocycles. The summed E-state index contributed by atoms with van der Waals surface area (Å²) in [4.78, 5) is 0. The predicted octanol–water partition coefficient (Wildman–Crippen LogP) is 2.50. The minimum Gasteiger partial charge on any atom is -0.358 e. The summed E-state index contributed by atoms with van der Waals surface area (Å²) in [5.74, 6) is 0. The topological polar surface area (TPSA) is 0 Å². The molecule has 0 radical (unpaired) electrons. The van der Waals surface area contributed by atoms with E-state index in [0.29, 0.717) is 0 Å². The van der Waals surface area contributed by atoms with Gasteiger partial charge < -0.3 is 22.3 Å². The maximum absolute atomic E-state index is 2.43. The number of hydrogen-bond acceptors (Lipinski definition) is 0. The second-order valence-corrected chi connectivity index (χ2v) is 4.18. The standard InChI is InChI=1S/C10H15Si.3CH3.Ti/c11-7-8-5-9-3-1-2-4-10(9)6-8;;;;/h5-6H,1-4,7H2,11H3;3*1H3;/q4*-1;+4. The Morgan fingerprint density at radius 2 is 1.73 bits per heavy atom. The van der Waals surface area contributed by atoms with Gasteiger partial charge in [-0.1, -0.05) is 31.7 Å². The van der Waals surface area contributed by atoms with Crippen molar-refractivity contribution in [2.24, 2.45) is 0 Å². The fraction of sp³-hybridized carbons (Fsp3) is 0.385. The molecule has 0 atom stereocenters. The van der Waals surface area contributed by atoms with E-state index in [4.69, 9.17) is 0 Å². The zero-order valence-electron chi connectivity index (χ0n) is 10.7. The molecule has 0 N–H and O–H groups in total. The Balaban J connectivity index is -0.000000360. The van der Waals surface area contributed by atoms with Crippen molar-refractivity contribution in [3.05, 3.63) is 51.1 Å². The number of aryl methyl sites for hydroxylation is 2. The van der Waals surface area contributed by atoms with Gasteiger partial charge in [-0.05, 0) is 0 Å². The molecule has 0 saturated heterocycles. The summed E-state index contributed by atoms with van der Waals surface area (Å²) in [5, 5.41) is 0. The van der Waals surface area contributed by atoms with Crippen LogP contribution in [0.1, 0.15) is 29.5 Å². The van der Waals surface area contributed by atoms with Crippen molar-refractivity contribution < 1.29 is 21.7 Å². The third-order valence-electron chi connectivity index (χ3n) is 2.68. The fourth-order valence-electron chi connectivity index (χ4n) is 1.98. The molecule has 0 aromatic heterocycles. The van der Waals surface area contributed by atoms with E-state index < -0.39 is 0 Å². The van der Waals surface area contributed by atoms with Crippen LogP contribution in [0.25, 0.3) is 0 Å². The van der Waals surface area contributed by atoms with Crippen LogP contribution < -0.4 is 0 Å². The predicted molar refractivity (Wildman–Crippen MR) is 71.6 cm³/mol. The monoisotopic (exact) mass is 256 g/mol. The Bertz CT molecular complexity index is 230. The van der Waals surface area contributed by atoms with Gasteiger partial charge in [0.05, 0.1) is 0 Å². The van der Waals surface area contributed by atoms with Crippen molar-refractivity contribution in [1.29, 1.82) is 0 Å². The van der Waals surface area contributed by atoms with Crippen LogP contribution in [0.5, 0.6) is 0 Å². The minimum atomic E-state index is 0. The molecular weight excluding hydrogens is 232 g/mol. The molecule has 0 aliphatic heterocycles. The van der Waals surface area contributed by atoms with Crippen LogP contribution in [-0.2, 0) is 40.6 Å². The molecule has 1 aliphatic carbocycles. The minimum absolute atomic E-state index is 0. The van der Waals surface area contributed by atoms with Gasteiger partial charge in [0.15, 0.2) is 0 Å². The molecule has 2 heteroatoms. The average molecular weight is 256 g/mol. The van der Waals surface area contributed by atoms with Crippen molar-refractivity contribution in [3.63, 3.8) is 0 Å². The van der Waals surface area contributed by atoms with E-state index in [1.807, 2.05) is 0 Å². The first kappa shape index (κ1) is 20.7. The third-order valence-corrected chi connectivity index (χ3v) is 3.50. The summed E-state index contributed by atoms with van der Waals surface area (Å²) in [6.45, 7) is 0.